The Bertz CT molecular complexity index is 95.0. The molecule has 0 nitrogen and oxygen atoms in total. The molecule has 1 saturated carbocycles. The summed E-state index contributed by atoms with van der Waals surface area (Å²) in [6.07, 6.45) is 8.74. The molecule has 0 aliphatic heterocycles. The zero-order chi connectivity index (χ0) is 8.10. The third kappa shape index (κ3) is 3.50. The molecule has 0 aromatic carbocycles. The highest BCUT2D eigenvalue weighted by Crippen LogP contribution is 2.31. The normalized spacial score (nSPS) is 23.5. The van der Waals surface area contributed by atoms with Crippen molar-refractivity contribution < 1.29 is 0 Å². The van der Waals surface area contributed by atoms with Crippen molar-refractivity contribution in [1.82, 2.24) is 0 Å². The van der Waals surface area contributed by atoms with Gasteiger partial charge in [0.1, 0.15) is 0 Å². The zero-order valence-corrected chi connectivity index (χ0v) is 8.62. The molecule has 1 aliphatic rings. The van der Waals surface area contributed by atoms with Crippen molar-refractivity contribution in [2.24, 2.45) is 0 Å². The Balaban J connectivity index is 2.13. The molecule has 1 rings (SSSR count). The molecule has 1 fully saturated rings. The Morgan fingerprint density at radius 2 is 1.91 bits per heavy atom. The first kappa shape index (κ1) is 9.44. The molecule has 11 heavy (non-hydrogen) atoms. The molecule has 1 heteroatoms. The van der Waals surface area contributed by atoms with Crippen LogP contribution < -0.4 is 0 Å². The van der Waals surface area contributed by atoms with Gasteiger partial charge in [-0.2, -0.15) is 11.8 Å². The van der Waals surface area contributed by atoms with E-state index in [1.807, 2.05) is 0 Å². The average Bonchev–Trinajstić information content (AvgIpc) is 2.06. The van der Waals surface area contributed by atoms with Gasteiger partial charge in [0.15, 0.2) is 0 Å². The Hall–Kier alpha value is 0.350. The molecule has 0 bridgehead atoms. The second-order valence-electron chi connectivity index (χ2n) is 3.61. The van der Waals surface area contributed by atoms with E-state index in [1.54, 1.807) is 0 Å². The first-order chi connectivity index (χ1) is 5.33. The first-order valence-corrected chi connectivity index (χ1v) is 5.92. The molecule has 66 valence electrons. The highest BCUT2D eigenvalue weighted by atomic mass is 32.2. The van der Waals surface area contributed by atoms with Crippen molar-refractivity contribution in [1.29, 1.82) is 0 Å². The van der Waals surface area contributed by atoms with E-state index in [1.165, 1.54) is 38.5 Å². The van der Waals surface area contributed by atoms with E-state index in [2.05, 4.69) is 25.6 Å². The minimum Gasteiger partial charge on any atom is -0.155 e. The second kappa shape index (κ2) is 5.08. The third-order valence-corrected chi connectivity index (χ3v) is 4.21. The summed E-state index contributed by atoms with van der Waals surface area (Å²) in [4.78, 5) is 0. The van der Waals surface area contributed by atoms with Crippen molar-refractivity contribution in [2.45, 2.75) is 62.9 Å². The molecule has 0 radical (unpaired) electrons. The summed E-state index contributed by atoms with van der Waals surface area (Å²) in [5.41, 5.74) is 0. The molecule has 0 aromatic rings. The largest absolute Gasteiger partial charge is 0.155 e. The minimum atomic E-state index is 0.887. The minimum absolute atomic E-state index is 0.887. The summed E-state index contributed by atoms with van der Waals surface area (Å²) in [5.74, 6) is 0. The molecule has 0 heterocycles. The second-order valence-corrected chi connectivity index (χ2v) is 5.36. The van der Waals surface area contributed by atoms with Gasteiger partial charge in [0.05, 0.1) is 0 Å². The Morgan fingerprint density at radius 1 is 1.27 bits per heavy atom. The van der Waals surface area contributed by atoms with Gasteiger partial charge in [-0.25, -0.2) is 0 Å². The lowest BCUT2D eigenvalue weighted by Gasteiger charge is -2.23. The summed E-state index contributed by atoms with van der Waals surface area (Å²) in [6.45, 7) is 4.65. The van der Waals surface area contributed by atoms with Crippen LogP contribution in [0.15, 0.2) is 0 Å². The number of hydrogen-bond acceptors (Lipinski definition) is 1. The first-order valence-electron chi connectivity index (χ1n) is 4.98. The fourth-order valence-electron chi connectivity index (χ4n) is 1.63. The maximum atomic E-state index is 2.36. The van der Waals surface area contributed by atoms with E-state index in [9.17, 15) is 0 Å². The van der Waals surface area contributed by atoms with Crippen molar-refractivity contribution in [3.05, 3.63) is 0 Å². The van der Waals surface area contributed by atoms with Crippen LogP contribution in [0.5, 0.6) is 0 Å². The third-order valence-electron chi connectivity index (χ3n) is 2.55. The van der Waals surface area contributed by atoms with Crippen LogP contribution in [-0.4, -0.2) is 10.5 Å². The summed E-state index contributed by atoms with van der Waals surface area (Å²) in [7, 11) is 0. The molecule has 0 saturated heterocycles. The number of hydrogen-bond donors (Lipinski definition) is 0. The smallest absolute Gasteiger partial charge is 0.00497 e. The Labute approximate surface area is 75.1 Å². The average molecular weight is 172 g/mol. The Morgan fingerprint density at radius 3 is 2.45 bits per heavy atom. The van der Waals surface area contributed by atoms with E-state index >= 15 is 0 Å². The van der Waals surface area contributed by atoms with Crippen LogP contribution in [-0.2, 0) is 0 Å². The maximum absolute atomic E-state index is 2.36. The van der Waals surface area contributed by atoms with Crippen LogP contribution in [0.4, 0.5) is 0 Å². The molecule has 0 amide bonds. The summed E-state index contributed by atoms with van der Waals surface area (Å²) < 4.78 is 0. The highest BCUT2D eigenvalue weighted by molar-refractivity contribution is 8.00. The van der Waals surface area contributed by atoms with Crippen LogP contribution in [0.3, 0.4) is 0 Å². The zero-order valence-electron chi connectivity index (χ0n) is 7.81. The molecule has 0 spiro atoms. The molecular formula is C10H20S. The molecular weight excluding hydrogens is 152 g/mol. The molecule has 1 unspecified atom stereocenters. The van der Waals surface area contributed by atoms with E-state index in [4.69, 9.17) is 0 Å². The standard InChI is InChI=1S/C10H20S/c1-3-9(2)11-10-7-5-4-6-8-10/h9-10H,3-8H2,1-2H3. The highest BCUT2D eigenvalue weighted by Gasteiger charge is 2.15. The lowest BCUT2D eigenvalue weighted by molar-refractivity contribution is 0.514. The van der Waals surface area contributed by atoms with E-state index in [-0.39, 0.29) is 0 Å². The maximum Gasteiger partial charge on any atom is 0.00497 e. The van der Waals surface area contributed by atoms with Gasteiger partial charge < -0.3 is 0 Å². The van der Waals surface area contributed by atoms with Gasteiger partial charge in [0.25, 0.3) is 0 Å². The quantitative estimate of drug-likeness (QED) is 0.623. The van der Waals surface area contributed by atoms with Crippen LogP contribution in [0.2, 0.25) is 0 Å². The van der Waals surface area contributed by atoms with Gasteiger partial charge >= 0.3 is 0 Å². The van der Waals surface area contributed by atoms with Crippen LogP contribution >= 0.6 is 11.8 Å². The molecule has 1 aliphatic carbocycles. The van der Waals surface area contributed by atoms with Crippen molar-refractivity contribution >= 4 is 11.8 Å². The molecule has 0 aromatic heterocycles. The molecule has 0 N–H and O–H groups in total. The predicted octanol–water partition coefficient (Wildman–Crippen LogP) is 3.85. The predicted molar refractivity (Wildman–Crippen MR) is 54.2 cm³/mol. The van der Waals surface area contributed by atoms with Gasteiger partial charge in [0.2, 0.25) is 0 Å². The molecule has 1 atom stereocenters. The number of thioether (sulfide) groups is 1. The van der Waals surface area contributed by atoms with Crippen LogP contribution in [0.1, 0.15) is 52.4 Å². The lowest BCUT2D eigenvalue weighted by atomic mass is 10.0. The van der Waals surface area contributed by atoms with Gasteiger partial charge in [-0.3, -0.25) is 0 Å². The van der Waals surface area contributed by atoms with Crippen molar-refractivity contribution in [3.8, 4) is 0 Å². The van der Waals surface area contributed by atoms with Gasteiger partial charge in [0, 0.05) is 10.5 Å². The SMILES string of the molecule is CCC(C)SC1CCCCC1. The summed E-state index contributed by atoms with van der Waals surface area (Å²) in [5, 5.41) is 1.89. The van der Waals surface area contributed by atoms with E-state index < -0.39 is 0 Å². The van der Waals surface area contributed by atoms with Crippen LogP contribution in [0, 0.1) is 0 Å². The van der Waals surface area contributed by atoms with Crippen LogP contribution in [0.25, 0.3) is 0 Å². The number of rotatable bonds is 3. The fraction of sp³-hybridized carbons (Fsp3) is 1.00. The summed E-state index contributed by atoms with van der Waals surface area (Å²) >= 11 is 2.22. The van der Waals surface area contributed by atoms with Gasteiger partial charge in [-0.05, 0) is 19.3 Å². The van der Waals surface area contributed by atoms with Crippen molar-refractivity contribution in [2.75, 3.05) is 0 Å². The summed E-state index contributed by atoms with van der Waals surface area (Å²) in [6, 6.07) is 0. The van der Waals surface area contributed by atoms with Gasteiger partial charge in [-0.1, -0.05) is 33.1 Å². The van der Waals surface area contributed by atoms with E-state index in [0.29, 0.717) is 0 Å². The Kier molecular flexibility index (Phi) is 4.36. The van der Waals surface area contributed by atoms with Crippen molar-refractivity contribution in [3.63, 3.8) is 0 Å². The van der Waals surface area contributed by atoms with E-state index in [0.717, 1.165) is 10.5 Å². The topological polar surface area (TPSA) is 0 Å². The lowest BCUT2D eigenvalue weighted by Crippen LogP contribution is -2.11. The fourth-order valence-corrected chi connectivity index (χ4v) is 3.08. The van der Waals surface area contributed by atoms with Gasteiger partial charge in [-0.15, -0.1) is 0 Å². The monoisotopic (exact) mass is 172 g/mol.